The molecule has 1 amide bonds. The van der Waals surface area contributed by atoms with E-state index in [1.807, 2.05) is 0 Å². The third-order valence-corrected chi connectivity index (χ3v) is 3.20. The number of hydrogen-bond donors (Lipinski definition) is 0. The number of hydrogen-bond acceptors (Lipinski definition) is 2. The Kier molecular flexibility index (Phi) is 3.66. The molecule has 0 spiro atoms. The first-order valence-corrected chi connectivity index (χ1v) is 6.01. The van der Waals surface area contributed by atoms with Gasteiger partial charge >= 0.3 is 0 Å². The smallest absolute Gasteiger partial charge is 0.222 e. The zero-order valence-electron chi connectivity index (χ0n) is 8.75. The lowest BCUT2D eigenvalue weighted by Gasteiger charge is -2.26. The van der Waals surface area contributed by atoms with Gasteiger partial charge in [-0.3, -0.25) is 4.79 Å². The maximum Gasteiger partial charge on any atom is 0.222 e. The molecule has 86 valence electrons. The minimum atomic E-state index is 0.170. The molecule has 16 heavy (non-hydrogen) atoms. The van der Waals surface area contributed by atoms with Crippen LogP contribution in [0.1, 0.15) is 25.0 Å². The van der Waals surface area contributed by atoms with Crippen LogP contribution in [0.15, 0.2) is 12.1 Å². The fourth-order valence-electron chi connectivity index (χ4n) is 1.78. The zero-order chi connectivity index (χ0) is 11.5. The molecule has 1 saturated heterocycles. The highest BCUT2D eigenvalue weighted by Crippen LogP contribution is 2.20. The average molecular weight is 259 g/mol. The lowest BCUT2D eigenvalue weighted by molar-refractivity contribution is -0.133. The lowest BCUT2D eigenvalue weighted by atomic mass is 10.1. The van der Waals surface area contributed by atoms with E-state index < -0.39 is 0 Å². The van der Waals surface area contributed by atoms with E-state index in [9.17, 15) is 4.79 Å². The zero-order valence-corrected chi connectivity index (χ0v) is 10.3. The fourth-order valence-corrected chi connectivity index (χ4v) is 2.11. The predicted octanol–water partition coefficient (Wildman–Crippen LogP) is 2.90. The van der Waals surface area contributed by atoms with Crippen LogP contribution in [0.3, 0.4) is 0 Å². The SMILES string of the molecule is O=C1CCCCN1Cc1nc(Cl)ccc1Cl. The van der Waals surface area contributed by atoms with Gasteiger partial charge in [0.25, 0.3) is 0 Å². The predicted molar refractivity (Wildman–Crippen MR) is 63.5 cm³/mol. The van der Waals surface area contributed by atoms with Crippen molar-refractivity contribution in [3.05, 3.63) is 28.0 Å². The molecule has 0 bridgehead atoms. The van der Waals surface area contributed by atoms with Gasteiger partial charge in [0, 0.05) is 13.0 Å². The number of likely N-dealkylation sites (tertiary alicyclic amines) is 1. The van der Waals surface area contributed by atoms with Gasteiger partial charge in [-0.2, -0.15) is 0 Å². The van der Waals surface area contributed by atoms with Gasteiger partial charge in [-0.1, -0.05) is 23.2 Å². The van der Waals surface area contributed by atoms with Crippen LogP contribution < -0.4 is 0 Å². The van der Waals surface area contributed by atoms with E-state index in [4.69, 9.17) is 23.2 Å². The van der Waals surface area contributed by atoms with Crippen molar-refractivity contribution in [3.8, 4) is 0 Å². The van der Waals surface area contributed by atoms with Crippen molar-refractivity contribution in [2.24, 2.45) is 0 Å². The van der Waals surface area contributed by atoms with Crippen LogP contribution in [0.4, 0.5) is 0 Å². The summed E-state index contributed by atoms with van der Waals surface area (Å²) in [7, 11) is 0. The van der Waals surface area contributed by atoms with Gasteiger partial charge in [-0.05, 0) is 25.0 Å². The molecule has 2 heterocycles. The number of amides is 1. The summed E-state index contributed by atoms with van der Waals surface area (Å²) in [6.07, 6.45) is 2.65. The molecule has 0 aliphatic carbocycles. The summed E-state index contributed by atoms with van der Waals surface area (Å²) in [5.41, 5.74) is 0.671. The first-order chi connectivity index (χ1) is 7.66. The second-order valence-corrected chi connectivity index (χ2v) is 4.63. The van der Waals surface area contributed by atoms with Crippen LogP contribution in [-0.4, -0.2) is 22.3 Å². The van der Waals surface area contributed by atoms with Crippen LogP contribution >= 0.6 is 23.2 Å². The van der Waals surface area contributed by atoms with Crippen molar-refractivity contribution >= 4 is 29.1 Å². The van der Waals surface area contributed by atoms with Gasteiger partial charge in [-0.15, -0.1) is 0 Å². The lowest BCUT2D eigenvalue weighted by Crippen LogP contribution is -2.34. The van der Waals surface area contributed by atoms with Crippen molar-refractivity contribution in [2.45, 2.75) is 25.8 Å². The molecule has 2 rings (SSSR count). The van der Waals surface area contributed by atoms with Gasteiger partial charge in [0.15, 0.2) is 0 Å². The first-order valence-electron chi connectivity index (χ1n) is 5.25. The number of nitrogens with zero attached hydrogens (tertiary/aromatic N) is 2. The number of piperidine rings is 1. The largest absolute Gasteiger partial charge is 0.337 e. The van der Waals surface area contributed by atoms with E-state index in [0.29, 0.717) is 28.8 Å². The van der Waals surface area contributed by atoms with E-state index in [2.05, 4.69) is 4.98 Å². The number of aromatic nitrogens is 1. The molecular formula is C11H12Cl2N2O. The van der Waals surface area contributed by atoms with Crippen molar-refractivity contribution in [1.82, 2.24) is 9.88 Å². The van der Waals surface area contributed by atoms with Crippen LogP contribution in [-0.2, 0) is 11.3 Å². The van der Waals surface area contributed by atoms with E-state index in [1.54, 1.807) is 17.0 Å². The Bertz CT molecular complexity index is 409. The summed E-state index contributed by atoms with van der Waals surface area (Å²) in [4.78, 5) is 17.5. The molecule has 1 fully saturated rings. The van der Waals surface area contributed by atoms with E-state index in [0.717, 1.165) is 19.4 Å². The highest BCUT2D eigenvalue weighted by molar-refractivity contribution is 6.32. The normalized spacial score (nSPS) is 16.6. The van der Waals surface area contributed by atoms with Crippen LogP contribution in [0.25, 0.3) is 0 Å². The van der Waals surface area contributed by atoms with E-state index in [-0.39, 0.29) is 5.91 Å². The molecule has 1 aliphatic heterocycles. The van der Waals surface area contributed by atoms with Gasteiger partial charge in [0.05, 0.1) is 17.3 Å². The Labute approximate surface area is 104 Å². The van der Waals surface area contributed by atoms with E-state index >= 15 is 0 Å². The third-order valence-electron chi connectivity index (χ3n) is 2.65. The number of halogens is 2. The number of carbonyl (C=O) groups excluding carboxylic acids is 1. The monoisotopic (exact) mass is 258 g/mol. The van der Waals surface area contributed by atoms with Crippen molar-refractivity contribution in [2.75, 3.05) is 6.54 Å². The van der Waals surface area contributed by atoms with Gasteiger partial charge in [-0.25, -0.2) is 4.98 Å². The Morgan fingerprint density at radius 3 is 2.88 bits per heavy atom. The number of carbonyl (C=O) groups is 1. The van der Waals surface area contributed by atoms with Gasteiger partial charge < -0.3 is 4.90 Å². The maximum absolute atomic E-state index is 11.6. The Balaban J connectivity index is 2.13. The molecule has 0 aromatic carbocycles. The van der Waals surface area contributed by atoms with Gasteiger partial charge in [0.2, 0.25) is 5.91 Å². The summed E-state index contributed by atoms with van der Waals surface area (Å²) >= 11 is 11.8. The Morgan fingerprint density at radius 2 is 2.12 bits per heavy atom. The summed E-state index contributed by atoms with van der Waals surface area (Å²) < 4.78 is 0. The molecule has 5 heteroatoms. The Morgan fingerprint density at radius 1 is 1.31 bits per heavy atom. The maximum atomic E-state index is 11.6. The molecule has 0 N–H and O–H groups in total. The second-order valence-electron chi connectivity index (χ2n) is 3.83. The molecule has 0 unspecified atom stereocenters. The molecule has 1 aromatic heterocycles. The average Bonchev–Trinajstić information content (AvgIpc) is 2.27. The van der Waals surface area contributed by atoms with Gasteiger partial charge in [0.1, 0.15) is 5.15 Å². The van der Waals surface area contributed by atoms with Crippen molar-refractivity contribution < 1.29 is 4.79 Å². The Hall–Kier alpha value is -0.800. The molecule has 0 atom stereocenters. The summed E-state index contributed by atoms with van der Waals surface area (Å²) in [6.45, 7) is 1.24. The van der Waals surface area contributed by atoms with Crippen LogP contribution in [0.2, 0.25) is 10.2 Å². The van der Waals surface area contributed by atoms with Crippen LogP contribution in [0.5, 0.6) is 0 Å². The summed E-state index contributed by atoms with van der Waals surface area (Å²) in [5, 5.41) is 0.964. The van der Waals surface area contributed by atoms with E-state index in [1.165, 1.54) is 0 Å². The quantitative estimate of drug-likeness (QED) is 0.765. The molecule has 0 saturated carbocycles. The fraction of sp³-hybridized carbons (Fsp3) is 0.455. The topological polar surface area (TPSA) is 33.2 Å². The number of rotatable bonds is 2. The third kappa shape index (κ3) is 2.66. The van der Waals surface area contributed by atoms with Crippen LogP contribution in [0, 0.1) is 0 Å². The number of pyridine rings is 1. The first kappa shape index (κ1) is 11.7. The molecule has 3 nitrogen and oxygen atoms in total. The molecule has 1 aliphatic rings. The standard InChI is InChI=1S/C11H12Cl2N2O/c12-8-4-5-10(13)14-9(8)7-15-6-2-1-3-11(15)16/h4-5H,1-3,6-7H2. The van der Waals surface area contributed by atoms with Crippen molar-refractivity contribution in [1.29, 1.82) is 0 Å². The molecular weight excluding hydrogens is 247 g/mol. The highest BCUT2D eigenvalue weighted by Gasteiger charge is 2.19. The highest BCUT2D eigenvalue weighted by atomic mass is 35.5. The minimum absolute atomic E-state index is 0.170. The minimum Gasteiger partial charge on any atom is -0.337 e. The second kappa shape index (κ2) is 5.02. The molecule has 1 aromatic rings. The summed E-state index contributed by atoms with van der Waals surface area (Å²) in [6, 6.07) is 3.35. The molecule has 0 radical (unpaired) electrons. The summed E-state index contributed by atoms with van der Waals surface area (Å²) in [5.74, 6) is 0.170. The van der Waals surface area contributed by atoms with Crippen molar-refractivity contribution in [3.63, 3.8) is 0 Å².